The number of hydrogen-bond acceptors (Lipinski definition) is 2. The first-order valence-electron chi connectivity index (χ1n) is 6.39. The van der Waals surface area contributed by atoms with Crippen molar-refractivity contribution in [2.75, 3.05) is 13.6 Å². The lowest BCUT2D eigenvalue weighted by Gasteiger charge is -2.03. The van der Waals surface area contributed by atoms with Crippen LogP contribution in [0.2, 0.25) is 0 Å². The zero-order chi connectivity index (χ0) is 13.0. The van der Waals surface area contributed by atoms with E-state index in [0.717, 1.165) is 24.0 Å². The van der Waals surface area contributed by atoms with Crippen LogP contribution < -0.4 is 15.9 Å². The van der Waals surface area contributed by atoms with Crippen LogP contribution in [0.4, 0.5) is 0 Å². The largest absolute Gasteiger partial charge is 0.319 e. The predicted octanol–water partition coefficient (Wildman–Crippen LogP) is 1.93. The monoisotopic (exact) mass is 240 g/mol. The van der Waals surface area contributed by atoms with Gasteiger partial charge in [0.05, 0.1) is 11.1 Å². The lowest BCUT2D eigenvalue weighted by atomic mass is 10.1. The molecule has 18 heavy (non-hydrogen) atoms. The minimum atomic E-state index is 0.978. The van der Waals surface area contributed by atoms with Gasteiger partial charge in [-0.2, -0.15) is 0 Å². The van der Waals surface area contributed by atoms with Crippen LogP contribution in [0, 0.1) is 0 Å². The van der Waals surface area contributed by atoms with Gasteiger partial charge in [0.2, 0.25) is 0 Å². The quantitative estimate of drug-likeness (QED) is 0.854. The van der Waals surface area contributed by atoms with Crippen LogP contribution in [0.15, 0.2) is 52.7 Å². The molecule has 1 heterocycles. The second kappa shape index (κ2) is 5.78. The van der Waals surface area contributed by atoms with E-state index in [-0.39, 0.29) is 0 Å². The average molecular weight is 240 g/mol. The molecule has 1 aromatic rings. The van der Waals surface area contributed by atoms with Gasteiger partial charge in [0.15, 0.2) is 0 Å². The number of allylic oxidation sites excluding steroid dienone is 4. The third-order valence-electron chi connectivity index (χ3n) is 2.98. The van der Waals surface area contributed by atoms with E-state index >= 15 is 0 Å². The lowest BCUT2D eigenvalue weighted by molar-refractivity contribution is 0.813. The molecule has 0 aromatic heterocycles. The molecule has 0 atom stereocenters. The van der Waals surface area contributed by atoms with Crippen molar-refractivity contribution in [3.05, 3.63) is 58.3 Å². The number of hydrogen-bond donors (Lipinski definition) is 1. The maximum atomic E-state index is 4.71. The Morgan fingerprint density at radius 1 is 1.28 bits per heavy atom. The number of benzene rings is 1. The van der Waals surface area contributed by atoms with Crippen molar-refractivity contribution in [1.82, 2.24) is 5.32 Å². The molecule has 2 rings (SSSR count). The van der Waals surface area contributed by atoms with Crippen molar-refractivity contribution in [2.45, 2.75) is 20.3 Å². The van der Waals surface area contributed by atoms with Crippen LogP contribution >= 0.6 is 0 Å². The van der Waals surface area contributed by atoms with Gasteiger partial charge in [-0.05, 0) is 51.6 Å². The average Bonchev–Trinajstić information content (AvgIpc) is 2.71. The molecule has 0 saturated carbocycles. The molecule has 0 aliphatic carbocycles. The fourth-order valence-electron chi connectivity index (χ4n) is 2.06. The molecule has 2 nitrogen and oxygen atoms in total. The number of rotatable bonds is 4. The minimum absolute atomic E-state index is 0.978. The first-order chi connectivity index (χ1) is 8.72. The zero-order valence-electron chi connectivity index (χ0n) is 11.3. The Hall–Kier alpha value is -1.67. The van der Waals surface area contributed by atoms with E-state index in [1.165, 1.54) is 16.4 Å². The molecule has 2 heteroatoms. The number of nitrogens with zero attached hydrogens (tertiary/aromatic N) is 1. The SMILES string of the molecule is CNCCC1=c2ccccc2=N/C1=C/C=C(C)C. The topological polar surface area (TPSA) is 24.4 Å². The highest BCUT2D eigenvalue weighted by molar-refractivity contribution is 5.66. The summed E-state index contributed by atoms with van der Waals surface area (Å²) in [5.41, 5.74) is 3.74. The molecule has 0 bridgehead atoms. The summed E-state index contributed by atoms with van der Waals surface area (Å²) in [5, 5.41) is 5.58. The van der Waals surface area contributed by atoms with Crippen LogP contribution in [-0.4, -0.2) is 13.6 Å². The van der Waals surface area contributed by atoms with E-state index in [4.69, 9.17) is 4.99 Å². The molecular formula is C16H20N2. The van der Waals surface area contributed by atoms with Crippen LogP contribution in [0.5, 0.6) is 0 Å². The molecule has 0 radical (unpaired) electrons. The second-order valence-electron chi connectivity index (χ2n) is 4.76. The van der Waals surface area contributed by atoms with E-state index in [1.54, 1.807) is 0 Å². The van der Waals surface area contributed by atoms with Gasteiger partial charge in [-0.25, -0.2) is 4.99 Å². The highest BCUT2D eigenvalue weighted by atomic mass is 14.8. The Labute approximate surface area is 108 Å². The van der Waals surface area contributed by atoms with Gasteiger partial charge >= 0.3 is 0 Å². The summed E-state index contributed by atoms with van der Waals surface area (Å²) in [4.78, 5) is 4.71. The van der Waals surface area contributed by atoms with Gasteiger partial charge < -0.3 is 5.32 Å². The summed E-state index contributed by atoms with van der Waals surface area (Å²) in [6.07, 6.45) is 5.27. The Morgan fingerprint density at radius 2 is 2.06 bits per heavy atom. The van der Waals surface area contributed by atoms with Gasteiger partial charge in [-0.3, -0.25) is 0 Å². The molecule has 1 N–H and O–H groups in total. The number of nitrogens with one attached hydrogen (secondary N) is 1. The molecule has 1 aliphatic rings. The van der Waals surface area contributed by atoms with Gasteiger partial charge in [0, 0.05) is 5.22 Å². The van der Waals surface area contributed by atoms with Crippen LogP contribution in [-0.2, 0) is 0 Å². The highest BCUT2D eigenvalue weighted by Gasteiger charge is 2.11. The molecule has 0 unspecified atom stereocenters. The van der Waals surface area contributed by atoms with E-state index in [9.17, 15) is 0 Å². The van der Waals surface area contributed by atoms with E-state index in [2.05, 4.69) is 49.5 Å². The van der Waals surface area contributed by atoms with Crippen molar-refractivity contribution in [3.8, 4) is 0 Å². The third-order valence-corrected chi connectivity index (χ3v) is 2.98. The molecule has 1 aromatic carbocycles. The highest BCUT2D eigenvalue weighted by Crippen LogP contribution is 2.17. The van der Waals surface area contributed by atoms with Crippen molar-refractivity contribution in [3.63, 3.8) is 0 Å². The third kappa shape index (κ3) is 2.77. The molecule has 1 aliphatic heterocycles. The van der Waals surface area contributed by atoms with Gasteiger partial charge in [0.25, 0.3) is 0 Å². The van der Waals surface area contributed by atoms with Crippen molar-refractivity contribution in [2.24, 2.45) is 4.99 Å². The summed E-state index contributed by atoms with van der Waals surface area (Å²) in [7, 11) is 1.98. The van der Waals surface area contributed by atoms with E-state index in [0.29, 0.717) is 0 Å². The summed E-state index contributed by atoms with van der Waals surface area (Å²) in [5.74, 6) is 0. The van der Waals surface area contributed by atoms with Crippen molar-refractivity contribution < 1.29 is 0 Å². The van der Waals surface area contributed by atoms with Crippen molar-refractivity contribution in [1.29, 1.82) is 0 Å². The molecule has 0 spiro atoms. The van der Waals surface area contributed by atoms with Crippen LogP contribution in [0.1, 0.15) is 20.3 Å². The molecular weight excluding hydrogens is 220 g/mol. The predicted molar refractivity (Wildman–Crippen MR) is 76.7 cm³/mol. The Morgan fingerprint density at radius 3 is 2.78 bits per heavy atom. The summed E-state index contributed by atoms with van der Waals surface area (Å²) >= 11 is 0. The maximum absolute atomic E-state index is 4.71. The fourth-order valence-corrected chi connectivity index (χ4v) is 2.06. The van der Waals surface area contributed by atoms with Crippen LogP contribution in [0.3, 0.4) is 0 Å². The fraction of sp³-hybridized carbons (Fsp3) is 0.312. The first-order valence-corrected chi connectivity index (χ1v) is 6.39. The van der Waals surface area contributed by atoms with Crippen LogP contribution in [0.25, 0.3) is 5.57 Å². The summed E-state index contributed by atoms with van der Waals surface area (Å²) < 4.78 is 0. The molecule has 0 amide bonds. The Bertz CT molecular complexity index is 602. The normalized spacial score (nSPS) is 15.5. The van der Waals surface area contributed by atoms with Gasteiger partial charge in [-0.15, -0.1) is 0 Å². The molecule has 0 saturated heterocycles. The zero-order valence-corrected chi connectivity index (χ0v) is 11.3. The summed E-state index contributed by atoms with van der Waals surface area (Å²) in [6, 6.07) is 8.37. The Kier molecular flexibility index (Phi) is 4.11. The lowest BCUT2D eigenvalue weighted by Crippen LogP contribution is -2.23. The number of fused-ring (bicyclic) bond motifs is 1. The standard InChI is InChI=1S/C16H20N2/c1-12(2)8-9-16-14(10-11-17-3)13-6-4-5-7-15(13)18-16/h4-9,17H,10-11H2,1-3H3/b16-9+. The molecule has 0 fully saturated rings. The smallest absolute Gasteiger partial charge is 0.0712 e. The minimum Gasteiger partial charge on any atom is -0.319 e. The molecule has 94 valence electrons. The first kappa shape index (κ1) is 12.8. The Balaban J connectivity index is 2.49. The summed E-state index contributed by atoms with van der Waals surface area (Å²) in [6.45, 7) is 5.18. The maximum Gasteiger partial charge on any atom is 0.0712 e. The number of para-hydroxylation sites is 1. The van der Waals surface area contributed by atoms with Crippen molar-refractivity contribution >= 4 is 5.57 Å². The van der Waals surface area contributed by atoms with E-state index in [1.807, 2.05) is 13.1 Å². The van der Waals surface area contributed by atoms with Gasteiger partial charge in [-0.1, -0.05) is 29.8 Å². The van der Waals surface area contributed by atoms with Gasteiger partial charge in [0.1, 0.15) is 0 Å². The second-order valence-corrected chi connectivity index (χ2v) is 4.76. The van der Waals surface area contributed by atoms with E-state index < -0.39 is 0 Å².